The first kappa shape index (κ1) is 16.9. The van der Waals surface area contributed by atoms with Crippen LogP contribution < -0.4 is 5.32 Å². The molecule has 8 heteroatoms. The summed E-state index contributed by atoms with van der Waals surface area (Å²) in [5, 5.41) is 11.5. The SMILES string of the molecule is Cc1noc2nc(-c3ccc(F)cc3)cc(C(=O)Nc3cc(C)n(C)n3)c12. The number of carbonyl (C=O) groups is 1. The molecule has 0 aliphatic carbocycles. The van der Waals surface area contributed by atoms with E-state index in [2.05, 4.69) is 20.6 Å². The van der Waals surface area contributed by atoms with E-state index in [1.54, 1.807) is 42.9 Å². The van der Waals surface area contributed by atoms with Gasteiger partial charge in [-0.3, -0.25) is 9.48 Å². The van der Waals surface area contributed by atoms with E-state index in [1.807, 2.05) is 6.92 Å². The van der Waals surface area contributed by atoms with Crippen molar-refractivity contribution in [3.8, 4) is 11.3 Å². The van der Waals surface area contributed by atoms with E-state index in [9.17, 15) is 9.18 Å². The quantitative estimate of drug-likeness (QED) is 0.599. The van der Waals surface area contributed by atoms with E-state index in [0.717, 1.165) is 5.69 Å². The van der Waals surface area contributed by atoms with E-state index in [-0.39, 0.29) is 17.4 Å². The Balaban J connectivity index is 1.81. The number of nitrogens with one attached hydrogen (secondary N) is 1. The highest BCUT2D eigenvalue weighted by molar-refractivity contribution is 6.12. The average Bonchev–Trinajstić information content (AvgIpc) is 3.17. The van der Waals surface area contributed by atoms with Gasteiger partial charge in [0, 0.05) is 24.4 Å². The van der Waals surface area contributed by atoms with E-state index < -0.39 is 0 Å². The van der Waals surface area contributed by atoms with Crippen molar-refractivity contribution in [3.63, 3.8) is 0 Å². The highest BCUT2D eigenvalue weighted by Crippen LogP contribution is 2.27. The molecule has 0 fully saturated rings. The summed E-state index contributed by atoms with van der Waals surface area (Å²) in [6, 6.07) is 9.28. The van der Waals surface area contributed by atoms with E-state index in [1.165, 1.54) is 12.1 Å². The summed E-state index contributed by atoms with van der Waals surface area (Å²) in [4.78, 5) is 17.3. The molecule has 3 heterocycles. The summed E-state index contributed by atoms with van der Waals surface area (Å²) in [6.07, 6.45) is 0. The first-order valence-electron chi connectivity index (χ1n) is 8.27. The second-order valence-electron chi connectivity index (χ2n) is 6.26. The lowest BCUT2D eigenvalue weighted by atomic mass is 10.1. The van der Waals surface area contributed by atoms with Crippen LogP contribution in [0.25, 0.3) is 22.4 Å². The standard InChI is InChI=1S/C19H16FN5O2/c1-10-8-16(23-25(10)3)22-18(26)14-9-15(12-4-6-13(20)7-5-12)21-19-17(14)11(2)24-27-19/h4-9H,1-3H3,(H,22,23,26). The van der Waals surface area contributed by atoms with Crippen molar-refractivity contribution in [2.45, 2.75) is 13.8 Å². The van der Waals surface area contributed by atoms with Crippen molar-refractivity contribution < 1.29 is 13.7 Å². The second-order valence-corrected chi connectivity index (χ2v) is 6.26. The molecule has 27 heavy (non-hydrogen) atoms. The van der Waals surface area contributed by atoms with Gasteiger partial charge < -0.3 is 9.84 Å². The Morgan fingerprint density at radius 2 is 1.93 bits per heavy atom. The van der Waals surface area contributed by atoms with Gasteiger partial charge in [0.15, 0.2) is 5.82 Å². The molecular weight excluding hydrogens is 349 g/mol. The fourth-order valence-corrected chi connectivity index (χ4v) is 2.85. The van der Waals surface area contributed by atoms with Crippen LogP contribution in [-0.2, 0) is 7.05 Å². The monoisotopic (exact) mass is 365 g/mol. The first-order valence-corrected chi connectivity index (χ1v) is 8.27. The molecule has 4 aromatic rings. The number of rotatable bonds is 3. The van der Waals surface area contributed by atoms with Gasteiger partial charge in [0.1, 0.15) is 5.82 Å². The maximum atomic E-state index is 13.2. The number of hydrogen-bond donors (Lipinski definition) is 1. The fraction of sp³-hybridized carbons (Fsp3) is 0.158. The van der Waals surface area contributed by atoms with Gasteiger partial charge in [-0.05, 0) is 44.2 Å². The molecule has 0 spiro atoms. The molecule has 4 rings (SSSR count). The van der Waals surface area contributed by atoms with Crippen LogP contribution in [0.15, 0.2) is 40.9 Å². The van der Waals surface area contributed by atoms with Crippen molar-refractivity contribution in [1.82, 2.24) is 19.9 Å². The molecule has 0 bridgehead atoms. The number of halogens is 1. The number of aromatic nitrogens is 4. The summed E-state index contributed by atoms with van der Waals surface area (Å²) >= 11 is 0. The number of carbonyl (C=O) groups excluding carboxylic acids is 1. The topological polar surface area (TPSA) is 85.8 Å². The minimum absolute atomic E-state index is 0.247. The van der Waals surface area contributed by atoms with Crippen LogP contribution in [0.5, 0.6) is 0 Å². The number of fused-ring (bicyclic) bond motifs is 1. The molecule has 136 valence electrons. The summed E-state index contributed by atoms with van der Waals surface area (Å²) in [7, 11) is 1.80. The normalized spacial score (nSPS) is 11.1. The van der Waals surface area contributed by atoms with E-state index >= 15 is 0 Å². The second kappa shape index (κ2) is 6.31. The first-order chi connectivity index (χ1) is 12.9. The third-order valence-corrected chi connectivity index (χ3v) is 4.36. The molecular formula is C19H16FN5O2. The van der Waals surface area contributed by atoms with Crippen molar-refractivity contribution in [2.24, 2.45) is 7.05 Å². The van der Waals surface area contributed by atoms with Crippen LogP contribution in [0, 0.1) is 19.7 Å². The Kier molecular flexibility index (Phi) is 3.95. The van der Waals surface area contributed by atoms with Gasteiger partial charge in [0.25, 0.3) is 11.6 Å². The Bertz CT molecular complexity index is 1140. The number of benzene rings is 1. The molecule has 0 saturated heterocycles. The third kappa shape index (κ3) is 3.05. The summed E-state index contributed by atoms with van der Waals surface area (Å²) < 4.78 is 20.2. The summed E-state index contributed by atoms with van der Waals surface area (Å²) in [5.74, 6) is -0.253. The Labute approximate surface area is 153 Å². The maximum absolute atomic E-state index is 13.2. The molecule has 0 unspecified atom stereocenters. The largest absolute Gasteiger partial charge is 0.335 e. The number of aryl methyl sites for hydroxylation is 3. The van der Waals surface area contributed by atoms with Gasteiger partial charge in [-0.2, -0.15) is 5.10 Å². The Hall–Kier alpha value is -3.55. The van der Waals surface area contributed by atoms with Crippen LogP contribution in [0.4, 0.5) is 10.2 Å². The third-order valence-electron chi connectivity index (χ3n) is 4.36. The number of pyridine rings is 1. The predicted octanol–water partition coefficient (Wildman–Crippen LogP) is 3.63. The van der Waals surface area contributed by atoms with Crippen LogP contribution in [-0.4, -0.2) is 25.8 Å². The molecule has 0 aliphatic rings. The van der Waals surface area contributed by atoms with Gasteiger partial charge in [-0.1, -0.05) is 5.16 Å². The molecule has 0 radical (unpaired) electrons. The molecule has 3 aromatic heterocycles. The highest BCUT2D eigenvalue weighted by Gasteiger charge is 2.20. The molecule has 1 amide bonds. The van der Waals surface area contributed by atoms with Crippen LogP contribution in [0.2, 0.25) is 0 Å². The van der Waals surface area contributed by atoms with Crippen molar-refractivity contribution in [2.75, 3.05) is 5.32 Å². The smallest absolute Gasteiger partial charge is 0.259 e. The van der Waals surface area contributed by atoms with Gasteiger partial charge >= 0.3 is 0 Å². The van der Waals surface area contributed by atoms with Gasteiger partial charge in [0.2, 0.25) is 0 Å². The van der Waals surface area contributed by atoms with Crippen molar-refractivity contribution in [3.05, 3.63) is 59.2 Å². The zero-order valence-electron chi connectivity index (χ0n) is 14.9. The van der Waals surface area contributed by atoms with Gasteiger partial charge in [0.05, 0.1) is 22.3 Å². The Morgan fingerprint density at radius 3 is 2.59 bits per heavy atom. The molecule has 7 nitrogen and oxygen atoms in total. The van der Waals surface area contributed by atoms with Crippen molar-refractivity contribution >= 4 is 22.8 Å². The van der Waals surface area contributed by atoms with Crippen LogP contribution in [0.1, 0.15) is 21.7 Å². The molecule has 1 aromatic carbocycles. The van der Waals surface area contributed by atoms with Crippen LogP contribution >= 0.6 is 0 Å². The van der Waals surface area contributed by atoms with E-state index in [0.29, 0.717) is 33.7 Å². The van der Waals surface area contributed by atoms with Crippen LogP contribution in [0.3, 0.4) is 0 Å². The lowest BCUT2D eigenvalue weighted by Gasteiger charge is -2.07. The number of amides is 1. The summed E-state index contributed by atoms with van der Waals surface area (Å²) in [6.45, 7) is 3.64. The molecule has 0 atom stereocenters. The number of anilines is 1. The average molecular weight is 365 g/mol. The lowest BCUT2D eigenvalue weighted by molar-refractivity contribution is 0.102. The number of hydrogen-bond acceptors (Lipinski definition) is 5. The van der Waals surface area contributed by atoms with Gasteiger partial charge in [-0.25, -0.2) is 9.37 Å². The number of nitrogens with zero attached hydrogens (tertiary/aromatic N) is 4. The zero-order chi connectivity index (χ0) is 19.1. The minimum atomic E-state index is -0.352. The molecule has 0 saturated carbocycles. The van der Waals surface area contributed by atoms with Gasteiger partial charge in [-0.15, -0.1) is 0 Å². The fourth-order valence-electron chi connectivity index (χ4n) is 2.85. The van der Waals surface area contributed by atoms with Crippen molar-refractivity contribution in [1.29, 1.82) is 0 Å². The molecule has 1 N–H and O–H groups in total. The molecule has 0 aliphatic heterocycles. The van der Waals surface area contributed by atoms with E-state index in [4.69, 9.17) is 4.52 Å². The maximum Gasteiger partial charge on any atom is 0.259 e. The predicted molar refractivity (Wildman–Crippen MR) is 97.8 cm³/mol. The Morgan fingerprint density at radius 1 is 1.19 bits per heavy atom. The zero-order valence-corrected chi connectivity index (χ0v) is 14.9. The minimum Gasteiger partial charge on any atom is -0.335 e. The highest BCUT2D eigenvalue weighted by atomic mass is 19.1. The summed E-state index contributed by atoms with van der Waals surface area (Å²) in [5.41, 5.74) is 3.23. The lowest BCUT2D eigenvalue weighted by Crippen LogP contribution is -2.13.